The van der Waals surface area contributed by atoms with Gasteiger partial charge in [-0.05, 0) is 57.8 Å². The van der Waals surface area contributed by atoms with Crippen LogP contribution in [0.5, 0.6) is 0 Å². The van der Waals surface area contributed by atoms with Gasteiger partial charge in [0.05, 0.1) is 23.4 Å². The second kappa shape index (κ2) is 7.08. The van der Waals surface area contributed by atoms with Gasteiger partial charge in [-0.15, -0.1) is 0 Å². The number of hydrogen-bond donors (Lipinski definition) is 0. The van der Waals surface area contributed by atoms with E-state index in [4.69, 9.17) is 9.31 Å². The van der Waals surface area contributed by atoms with Gasteiger partial charge in [0.2, 0.25) is 0 Å². The van der Waals surface area contributed by atoms with E-state index in [1.165, 1.54) is 4.90 Å². The van der Waals surface area contributed by atoms with Crippen LogP contribution in [0, 0.1) is 6.92 Å². The summed E-state index contributed by atoms with van der Waals surface area (Å²) in [5, 5.41) is 0. The molecule has 0 aromatic heterocycles. The molecule has 0 bridgehead atoms. The Morgan fingerprint density at radius 2 is 1.55 bits per heavy atom. The largest absolute Gasteiger partial charge is 0.494 e. The Balaban J connectivity index is 1.73. The second-order valence-corrected chi connectivity index (χ2v) is 11.0. The summed E-state index contributed by atoms with van der Waals surface area (Å²) in [4.78, 5) is 14.3. The van der Waals surface area contributed by atoms with E-state index in [0.29, 0.717) is 11.2 Å². The topological polar surface area (TPSA) is 76.2 Å². The lowest BCUT2D eigenvalue weighted by atomic mass is 9.79. The fourth-order valence-corrected chi connectivity index (χ4v) is 5.28. The number of hydrogen-bond acceptors (Lipinski definition) is 5. The molecule has 0 saturated carbocycles. The van der Waals surface area contributed by atoms with Crippen LogP contribution in [0.2, 0.25) is 0 Å². The average molecular weight is 442 g/mol. The summed E-state index contributed by atoms with van der Waals surface area (Å²) < 4.78 is 40.0. The molecule has 2 aromatic rings. The minimum absolute atomic E-state index is 0.0358. The Morgan fingerprint density at radius 3 is 2.13 bits per heavy atom. The molecule has 164 valence electrons. The van der Waals surface area contributed by atoms with Crippen molar-refractivity contribution in [2.45, 2.75) is 57.3 Å². The van der Waals surface area contributed by atoms with Crippen LogP contribution in [0.3, 0.4) is 0 Å². The first-order valence-corrected chi connectivity index (χ1v) is 11.6. The van der Waals surface area contributed by atoms with Gasteiger partial charge in [0, 0.05) is 7.05 Å². The molecular formula is C22H27BN2O5S. The van der Waals surface area contributed by atoms with Crippen molar-refractivity contribution < 1.29 is 22.5 Å². The molecule has 0 aliphatic carbocycles. The molecule has 2 aliphatic heterocycles. The molecule has 1 fully saturated rings. The highest BCUT2D eigenvalue weighted by molar-refractivity contribution is 7.90. The van der Waals surface area contributed by atoms with E-state index in [0.717, 1.165) is 15.4 Å². The summed E-state index contributed by atoms with van der Waals surface area (Å²) in [5.74, 6) is 0. The second-order valence-electron chi connectivity index (χ2n) is 9.15. The van der Waals surface area contributed by atoms with E-state index in [9.17, 15) is 13.2 Å². The fourth-order valence-electron chi connectivity index (χ4n) is 3.64. The smallest absolute Gasteiger partial charge is 0.399 e. The zero-order chi connectivity index (χ0) is 22.8. The van der Waals surface area contributed by atoms with Gasteiger partial charge in [-0.25, -0.2) is 17.5 Å². The Morgan fingerprint density at radius 1 is 0.968 bits per heavy atom. The van der Waals surface area contributed by atoms with Crippen LogP contribution in [0.15, 0.2) is 47.4 Å². The monoisotopic (exact) mass is 442 g/mol. The van der Waals surface area contributed by atoms with Crippen molar-refractivity contribution in [3.05, 3.63) is 53.6 Å². The molecule has 7 nitrogen and oxygen atoms in total. The van der Waals surface area contributed by atoms with Gasteiger partial charge in [0.25, 0.3) is 10.0 Å². The minimum Gasteiger partial charge on any atom is -0.399 e. The lowest BCUT2D eigenvalue weighted by molar-refractivity contribution is 0.00578. The predicted molar refractivity (Wildman–Crippen MR) is 120 cm³/mol. The van der Waals surface area contributed by atoms with E-state index in [-0.39, 0.29) is 11.4 Å². The highest BCUT2D eigenvalue weighted by Gasteiger charge is 2.52. The first-order valence-electron chi connectivity index (χ1n) is 10.2. The number of amides is 2. The van der Waals surface area contributed by atoms with Gasteiger partial charge in [-0.2, -0.15) is 0 Å². The standard InChI is InChI=1S/C22H27BN2O5S/c1-15-7-9-16(10-8-15)14-25-20(26)24(6)18-12-11-17(13-19(18)31(25,27)28)23-29-21(2,3)22(4,5)30-23/h7-13H,14H2,1-6H3. The van der Waals surface area contributed by atoms with Gasteiger partial charge in [0.1, 0.15) is 4.90 Å². The average Bonchev–Trinajstić information content (AvgIpc) is 2.92. The molecule has 31 heavy (non-hydrogen) atoms. The van der Waals surface area contributed by atoms with Crippen LogP contribution in [-0.4, -0.2) is 44.1 Å². The Labute approximate surface area is 184 Å². The summed E-state index contributed by atoms with van der Waals surface area (Å²) in [7, 11) is -3.17. The molecule has 1 saturated heterocycles. The lowest BCUT2D eigenvalue weighted by Crippen LogP contribution is -2.49. The van der Waals surface area contributed by atoms with E-state index < -0.39 is 34.4 Å². The number of aryl methyl sites for hydroxylation is 1. The van der Waals surface area contributed by atoms with Crippen LogP contribution < -0.4 is 10.4 Å². The Kier molecular flexibility index (Phi) is 4.99. The van der Waals surface area contributed by atoms with Crippen LogP contribution in [0.4, 0.5) is 10.5 Å². The minimum atomic E-state index is -4.05. The molecule has 0 N–H and O–H groups in total. The third-order valence-corrected chi connectivity index (χ3v) is 8.13. The lowest BCUT2D eigenvalue weighted by Gasteiger charge is -2.34. The maximum absolute atomic E-state index is 13.5. The van der Waals surface area contributed by atoms with Gasteiger partial charge in [-0.1, -0.05) is 35.9 Å². The first kappa shape index (κ1) is 21.9. The number of carbonyl (C=O) groups excluding carboxylic acids is 1. The van der Waals surface area contributed by atoms with Crippen molar-refractivity contribution in [3.8, 4) is 0 Å². The molecule has 0 unspecified atom stereocenters. The molecule has 9 heteroatoms. The summed E-state index contributed by atoms with van der Waals surface area (Å²) in [6, 6.07) is 11.8. The van der Waals surface area contributed by atoms with Crippen LogP contribution in [0.1, 0.15) is 38.8 Å². The predicted octanol–water partition coefficient (Wildman–Crippen LogP) is 3.05. The van der Waals surface area contributed by atoms with Gasteiger partial charge in [0.15, 0.2) is 0 Å². The highest BCUT2D eigenvalue weighted by Crippen LogP contribution is 2.38. The van der Waals surface area contributed by atoms with E-state index in [1.807, 2.05) is 58.9 Å². The van der Waals surface area contributed by atoms with Crippen molar-refractivity contribution in [1.29, 1.82) is 0 Å². The van der Waals surface area contributed by atoms with E-state index in [2.05, 4.69) is 0 Å². The van der Waals surface area contributed by atoms with Gasteiger partial charge >= 0.3 is 13.1 Å². The maximum atomic E-state index is 13.5. The SMILES string of the molecule is Cc1ccc(CN2C(=O)N(C)c3ccc(B4OC(C)(C)C(C)(C)O4)cc3S2(=O)=O)cc1. The number of benzene rings is 2. The first-order chi connectivity index (χ1) is 14.3. The van der Waals surface area contributed by atoms with Crippen molar-refractivity contribution in [3.63, 3.8) is 0 Å². The quantitative estimate of drug-likeness (QED) is 0.683. The molecule has 2 amide bonds. The molecular weight excluding hydrogens is 415 g/mol. The van der Waals surface area contributed by atoms with E-state index >= 15 is 0 Å². The van der Waals surface area contributed by atoms with Crippen molar-refractivity contribution in [1.82, 2.24) is 4.31 Å². The van der Waals surface area contributed by atoms with Crippen molar-refractivity contribution >= 4 is 34.3 Å². The van der Waals surface area contributed by atoms with Crippen molar-refractivity contribution in [2.75, 3.05) is 11.9 Å². The number of carbonyl (C=O) groups is 1. The number of sulfonamides is 1. The molecule has 2 heterocycles. The summed E-state index contributed by atoms with van der Waals surface area (Å²) >= 11 is 0. The number of nitrogens with zero attached hydrogens (tertiary/aromatic N) is 2. The number of anilines is 1. The molecule has 2 aromatic carbocycles. The van der Waals surface area contributed by atoms with E-state index in [1.54, 1.807) is 25.2 Å². The van der Waals surface area contributed by atoms with Gasteiger partial charge < -0.3 is 9.31 Å². The Hall–Kier alpha value is -2.36. The van der Waals surface area contributed by atoms with Crippen LogP contribution in [-0.2, 0) is 25.9 Å². The third kappa shape index (κ3) is 3.54. The number of rotatable bonds is 3. The normalized spacial score (nSPS) is 21.4. The number of urea groups is 1. The maximum Gasteiger partial charge on any atom is 0.494 e. The summed E-state index contributed by atoms with van der Waals surface area (Å²) in [6.45, 7) is 9.69. The molecule has 0 spiro atoms. The van der Waals surface area contributed by atoms with Crippen molar-refractivity contribution in [2.24, 2.45) is 0 Å². The molecule has 2 aliphatic rings. The third-order valence-electron chi connectivity index (χ3n) is 6.39. The van der Waals surface area contributed by atoms with Crippen LogP contribution >= 0.6 is 0 Å². The summed E-state index contributed by atoms with van der Waals surface area (Å²) in [6.07, 6.45) is 0. The molecule has 0 radical (unpaired) electrons. The molecule has 0 atom stereocenters. The zero-order valence-corrected chi connectivity index (χ0v) is 19.5. The molecule has 4 rings (SSSR count). The number of fused-ring (bicyclic) bond motifs is 1. The highest BCUT2D eigenvalue weighted by atomic mass is 32.2. The summed E-state index contributed by atoms with van der Waals surface area (Å²) in [5.41, 5.74) is 1.64. The zero-order valence-electron chi connectivity index (χ0n) is 18.7. The van der Waals surface area contributed by atoms with Crippen LogP contribution in [0.25, 0.3) is 0 Å². The van der Waals surface area contributed by atoms with Gasteiger partial charge in [-0.3, -0.25) is 4.90 Å². The fraction of sp³-hybridized carbons (Fsp3) is 0.409. The Bertz CT molecular complexity index is 1130.